The number of ether oxygens (including phenoxy) is 1. The van der Waals surface area contributed by atoms with Crippen molar-refractivity contribution < 1.29 is 18.1 Å². The van der Waals surface area contributed by atoms with Crippen LogP contribution in [0.5, 0.6) is 0 Å². The number of amides is 2. The van der Waals surface area contributed by atoms with E-state index in [0.29, 0.717) is 18.6 Å². The molecule has 0 spiro atoms. The van der Waals surface area contributed by atoms with Crippen molar-refractivity contribution in [3.05, 3.63) is 44.6 Å². The Morgan fingerprint density at radius 1 is 1.14 bits per heavy atom. The van der Waals surface area contributed by atoms with E-state index >= 15 is 0 Å². The molecule has 0 fully saturated rings. The third kappa shape index (κ3) is 3.59. The van der Waals surface area contributed by atoms with Crippen LogP contribution in [0.15, 0.2) is 10.3 Å². The lowest BCUT2D eigenvalue weighted by atomic mass is 9.83. The van der Waals surface area contributed by atoms with Gasteiger partial charge >= 0.3 is 6.03 Å². The van der Waals surface area contributed by atoms with Crippen LogP contribution in [0.3, 0.4) is 0 Å². The third-order valence-electron chi connectivity index (χ3n) is 5.39. The molecule has 3 aliphatic rings. The van der Waals surface area contributed by atoms with Gasteiger partial charge in [0.05, 0.1) is 13.2 Å². The summed E-state index contributed by atoms with van der Waals surface area (Å²) >= 11 is 1.19. The number of nitrogens with one attached hydrogen (secondary N) is 1. The van der Waals surface area contributed by atoms with Gasteiger partial charge in [0.1, 0.15) is 15.2 Å². The average molecular weight is 424 g/mol. The Bertz CT molecular complexity index is 974. The number of nitrogens with two attached hydrogens (primary N) is 2. The SMILES string of the molecule is NC(=O)Nc1c2c(cc3c1CC3)CCC2.NS(=O)c1sc2c(c1F)COCC2. The minimum Gasteiger partial charge on any atom is -0.376 e. The molecule has 1 atom stereocenters. The van der Waals surface area contributed by atoms with Gasteiger partial charge in [-0.3, -0.25) is 0 Å². The number of halogens is 1. The van der Waals surface area contributed by atoms with Crippen LogP contribution in [-0.4, -0.2) is 16.8 Å². The van der Waals surface area contributed by atoms with Crippen LogP contribution in [0.1, 0.15) is 39.1 Å². The first-order valence-electron chi connectivity index (χ1n) is 9.22. The number of primary amides is 1. The Morgan fingerprint density at radius 2 is 1.89 bits per heavy atom. The first-order chi connectivity index (χ1) is 13.5. The second kappa shape index (κ2) is 7.90. The molecule has 0 saturated carbocycles. The lowest BCUT2D eigenvalue weighted by Crippen LogP contribution is -2.24. The molecular weight excluding hydrogens is 401 g/mol. The molecule has 2 aliphatic carbocycles. The summed E-state index contributed by atoms with van der Waals surface area (Å²) in [4.78, 5) is 11.9. The van der Waals surface area contributed by atoms with Crippen LogP contribution in [0.4, 0.5) is 14.9 Å². The fourth-order valence-electron chi connectivity index (χ4n) is 4.00. The van der Waals surface area contributed by atoms with Gasteiger partial charge in [-0.1, -0.05) is 6.07 Å². The van der Waals surface area contributed by atoms with Gasteiger partial charge in [0, 0.05) is 22.5 Å². The Morgan fingerprint density at radius 3 is 2.54 bits per heavy atom. The summed E-state index contributed by atoms with van der Waals surface area (Å²) in [6.07, 6.45) is 6.35. The van der Waals surface area contributed by atoms with Gasteiger partial charge in [-0.25, -0.2) is 18.5 Å². The zero-order valence-corrected chi connectivity index (χ0v) is 16.9. The highest BCUT2D eigenvalue weighted by atomic mass is 32.2. The molecule has 28 heavy (non-hydrogen) atoms. The minimum atomic E-state index is -1.72. The van der Waals surface area contributed by atoms with Gasteiger partial charge < -0.3 is 15.8 Å². The van der Waals surface area contributed by atoms with Crippen LogP contribution in [0.2, 0.25) is 0 Å². The second-order valence-corrected chi connectivity index (χ2v) is 9.44. The molecule has 2 aromatic rings. The maximum absolute atomic E-state index is 13.4. The van der Waals surface area contributed by atoms with Crippen molar-refractivity contribution in [2.24, 2.45) is 10.9 Å². The average Bonchev–Trinajstić information content (AvgIpc) is 3.23. The fraction of sp³-hybridized carbons (Fsp3) is 0.421. The molecule has 2 amide bonds. The van der Waals surface area contributed by atoms with Crippen molar-refractivity contribution in [3.8, 4) is 0 Å². The molecule has 0 bridgehead atoms. The summed E-state index contributed by atoms with van der Waals surface area (Å²) in [6.45, 7) is 0.873. The maximum Gasteiger partial charge on any atom is 0.316 e. The standard InChI is InChI=1S/C12H14N2O.C7H8FNO2S2/c13-12(15)14-11-9-3-1-2-7(9)6-8-4-5-10(8)11;8-6-4-3-11-2-1-5(4)12-7(6)13(9)10/h6H,1-5H2,(H3,13,14,15);1-3,9H2. The number of hydrogen-bond donors (Lipinski definition) is 3. The van der Waals surface area contributed by atoms with Crippen molar-refractivity contribution in [2.45, 2.75) is 49.3 Å². The number of anilines is 1. The molecule has 150 valence electrons. The van der Waals surface area contributed by atoms with Crippen LogP contribution >= 0.6 is 11.3 Å². The highest BCUT2D eigenvalue weighted by molar-refractivity contribution is 7.85. The Hall–Kier alpha value is -1.81. The first kappa shape index (κ1) is 19.5. The second-order valence-electron chi connectivity index (χ2n) is 7.07. The molecule has 1 aromatic heterocycles. The number of benzene rings is 1. The molecule has 0 radical (unpaired) electrons. The summed E-state index contributed by atoms with van der Waals surface area (Å²) < 4.78 is 29.6. The monoisotopic (exact) mass is 423 g/mol. The number of hydrogen-bond acceptors (Lipinski definition) is 4. The molecule has 6 nitrogen and oxygen atoms in total. The highest BCUT2D eigenvalue weighted by Gasteiger charge is 2.26. The van der Waals surface area contributed by atoms with E-state index in [1.165, 1.54) is 40.0 Å². The number of fused-ring (bicyclic) bond motifs is 3. The van der Waals surface area contributed by atoms with Crippen LogP contribution in [-0.2, 0) is 54.4 Å². The van der Waals surface area contributed by atoms with E-state index in [9.17, 15) is 13.4 Å². The Labute approximate surface area is 169 Å². The van der Waals surface area contributed by atoms with Gasteiger partial charge in [-0.15, -0.1) is 11.3 Å². The molecule has 9 heteroatoms. The van der Waals surface area contributed by atoms with E-state index in [1.54, 1.807) is 0 Å². The van der Waals surface area contributed by atoms with E-state index in [0.717, 1.165) is 36.2 Å². The molecule has 1 aromatic carbocycles. The summed E-state index contributed by atoms with van der Waals surface area (Å²) in [5.41, 5.74) is 12.2. The summed E-state index contributed by atoms with van der Waals surface area (Å²) in [5.74, 6) is -0.444. The van der Waals surface area contributed by atoms with Crippen molar-refractivity contribution in [2.75, 3.05) is 11.9 Å². The Balaban J connectivity index is 0.000000139. The smallest absolute Gasteiger partial charge is 0.316 e. The molecule has 2 heterocycles. The minimum absolute atomic E-state index is 0.135. The zero-order chi connectivity index (χ0) is 19.8. The van der Waals surface area contributed by atoms with Crippen molar-refractivity contribution in [1.29, 1.82) is 0 Å². The topological polar surface area (TPSA) is 107 Å². The summed E-state index contributed by atoms with van der Waals surface area (Å²) in [6, 6.07) is 1.87. The fourth-order valence-corrected chi connectivity index (χ4v) is 5.82. The number of thiophene rings is 1. The number of carbonyl (C=O) groups is 1. The number of urea groups is 1. The molecule has 0 saturated heterocycles. The van der Waals surface area contributed by atoms with Crippen molar-refractivity contribution in [1.82, 2.24) is 0 Å². The van der Waals surface area contributed by atoms with Gasteiger partial charge in [0.2, 0.25) is 0 Å². The highest BCUT2D eigenvalue weighted by Crippen LogP contribution is 2.39. The van der Waals surface area contributed by atoms with E-state index in [2.05, 4.69) is 11.4 Å². The first-order valence-corrected chi connectivity index (χ1v) is 11.3. The van der Waals surface area contributed by atoms with E-state index < -0.39 is 22.8 Å². The number of aryl methyl sites for hydroxylation is 2. The summed E-state index contributed by atoms with van der Waals surface area (Å²) in [5, 5.41) is 7.93. The van der Waals surface area contributed by atoms with E-state index in [-0.39, 0.29) is 10.8 Å². The lowest BCUT2D eigenvalue weighted by Gasteiger charge is -2.25. The molecule has 5 N–H and O–H groups in total. The predicted molar refractivity (Wildman–Crippen MR) is 107 cm³/mol. The van der Waals surface area contributed by atoms with Crippen LogP contribution < -0.4 is 16.2 Å². The van der Waals surface area contributed by atoms with Gasteiger partial charge in [-0.2, -0.15) is 0 Å². The van der Waals surface area contributed by atoms with Gasteiger partial charge in [0.15, 0.2) is 5.82 Å². The largest absolute Gasteiger partial charge is 0.376 e. The quantitative estimate of drug-likeness (QED) is 0.691. The molecule has 5 rings (SSSR count). The number of carbonyl (C=O) groups excluding carboxylic acids is 1. The molecule has 1 aliphatic heterocycles. The van der Waals surface area contributed by atoms with E-state index in [4.69, 9.17) is 15.6 Å². The maximum atomic E-state index is 13.4. The van der Waals surface area contributed by atoms with Gasteiger partial charge in [-0.05, 0) is 54.4 Å². The number of rotatable bonds is 2. The summed E-state index contributed by atoms with van der Waals surface area (Å²) in [7, 11) is -1.72. The third-order valence-corrected chi connectivity index (χ3v) is 7.74. The normalized spacial score (nSPS) is 17.4. The lowest BCUT2D eigenvalue weighted by molar-refractivity contribution is 0.109. The zero-order valence-electron chi connectivity index (χ0n) is 15.3. The van der Waals surface area contributed by atoms with Crippen LogP contribution in [0.25, 0.3) is 0 Å². The van der Waals surface area contributed by atoms with E-state index in [1.807, 2.05) is 0 Å². The Kier molecular flexibility index (Phi) is 5.50. The molecular formula is C19H22FN3O3S2. The van der Waals surface area contributed by atoms with Crippen molar-refractivity contribution >= 4 is 34.0 Å². The predicted octanol–water partition coefficient (Wildman–Crippen LogP) is 2.71. The van der Waals surface area contributed by atoms with Gasteiger partial charge in [0.25, 0.3) is 0 Å². The van der Waals surface area contributed by atoms with Crippen molar-refractivity contribution in [3.63, 3.8) is 0 Å². The van der Waals surface area contributed by atoms with Crippen LogP contribution in [0, 0.1) is 5.82 Å². The molecule has 1 unspecified atom stereocenters.